The first-order chi connectivity index (χ1) is 12.1. The molecule has 0 aliphatic carbocycles. The number of piperidine rings is 1. The molecule has 0 saturated carbocycles. The van der Waals surface area contributed by atoms with Crippen molar-refractivity contribution in [3.63, 3.8) is 0 Å². The molecule has 0 unspecified atom stereocenters. The number of carbonyl (C=O) groups excluding carboxylic acids is 1. The largest absolute Gasteiger partial charge is 0.497 e. The number of benzene rings is 1. The smallest absolute Gasteiger partial charge is 0.257 e. The second kappa shape index (κ2) is 7.65. The number of aromatic nitrogens is 2. The van der Waals surface area contributed by atoms with Crippen molar-refractivity contribution in [1.82, 2.24) is 19.9 Å². The van der Waals surface area contributed by atoms with Crippen molar-refractivity contribution in [1.29, 1.82) is 0 Å². The molecule has 0 radical (unpaired) electrons. The Labute approximate surface area is 147 Å². The Hall–Kier alpha value is -2.41. The van der Waals surface area contributed by atoms with Crippen molar-refractivity contribution in [2.75, 3.05) is 34.3 Å². The fraction of sp³-hybridized carbons (Fsp3) is 0.500. The summed E-state index contributed by atoms with van der Waals surface area (Å²) in [6, 6.07) is 7.53. The molecule has 7 nitrogen and oxygen atoms in total. The predicted molar refractivity (Wildman–Crippen MR) is 93.0 cm³/mol. The summed E-state index contributed by atoms with van der Waals surface area (Å²) in [6.07, 6.45) is 1.75. The number of carbonyl (C=O) groups is 1. The SMILES string of the molecule is COc1ccc(-c2nc(CN3CCC(C(=O)N(C)C)CC3)no2)cc1. The number of rotatable bonds is 5. The highest BCUT2D eigenvalue weighted by Gasteiger charge is 2.26. The molecule has 0 bridgehead atoms. The molecule has 1 amide bonds. The number of likely N-dealkylation sites (tertiary alicyclic amines) is 1. The van der Waals surface area contributed by atoms with Crippen LogP contribution in [0, 0.1) is 5.92 Å². The van der Waals surface area contributed by atoms with E-state index in [-0.39, 0.29) is 11.8 Å². The van der Waals surface area contributed by atoms with Gasteiger partial charge in [0.25, 0.3) is 5.89 Å². The highest BCUT2D eigenvalue weighted by molar-refractivity contribution is 5.78. The molecule has 1 saturated heterocycles. The molecule has 1 aliphatic rings. The van der Waals surface area contributed by atoms with Gasteiger partial charge in [0.15, 0.2) is 5.82 Å². The van der Waals surface area contributed by atoms with Crippen molar-refractivity contribution in [3.05, 3.63) is 30.1 Å². The standard InChI is InChI=1S/C18H24N4O3/c1-21(2)18(23)14-8-10-22(11-9-14)12-16-19-17(25-20-16)13-4-6-15(24-3)7-5-13/h4-7,14H,8-12H2,1-3H3. The average molecular weight is 344 g/mol. The van der Waals surface area contributed by atoms with Crippen LogP contribution in [0.4, 0.5) is 0 Å². The Bertz CT molecular complexity index is 703. The first-order valence-electron chi connectivity index (χ1n) is 8.47. The van der Waals surface area contributed by atoms with E-state index in [9.17, 15) is 4.79 Å². The van der Waals surface area contributed by atoms with Crippen LogP contribution in [0.3, 0.4) is 0 Å². The van der Waals surface area contributed by atoms with Crippen molar-refractivity contribution < 1.29 is 14.1 Å². The first kappa shape index (κ1) is 17.4. The summed E-state index contributed by atoms with van der Waals surface area (Å²) in [4.78, 5) is 20.5. The summed E-state index contributed by atoms with van der Waals surface area (Å²) in [5.41, 5.74) is 0.870. The van der Waals surface area contributed by atoms with E-state index in [0.29, 0.717) is 18.3 Å². The first-order valence-corrected chi connectivity index (χ1v) is 8.47. The Kier molecular flexibility index (Phi) is 5.33. The molecule has 2 aromatic rings. The van der Waals surface area contributed by atoms with Gasteiger partial charge in [-0.05, 0) is 50.2 Å². The van der Waals surface area contributed by atoms with E-state index in [1.54, 1.807) is 12.0 Å². The predicted octanol–water partition coefficient (Wildman–Crippen LogP) is 2.05. The monoisotopic (exact) mass is 344 g/mol. The molecule has 1 aromatic carbocycles. The zero-order valence-electron chi connectivity index (χ0n) is 14.9. The average Bonchev–Trinajstić information content (AvgIpc) is 3.10. The van der Waals surface area contributed by atoms with Gasteiger partial charge in [-0.25, -0.2) is 0 Å². The second-order valence-corrected chi connectivity index (χ2v) is 6.53. The van der Waals surface area contributed by atoms with Crippen molar-refractivity contribution >= 4 is 5.91 Å². The summed E-state index contributed by atoms with van der Waals surface area (Å²) in [6.45, 7) is 2.38. The van der Waals surface area contributed by atoms with Gasteiger partial charge < -0.3 is 14.2 Å². The highest BCUT2D eigenvalue weighted by atomic mass is 16.5. The zero-order chi connectivity index (χ0) is 17.8. The van der Waals surface area contributed by atoms with E-state index in [4.69, 9.17) is 9.26 Å². The Morgan fingerprint density at radius 1 is 1.28 bits per heavy atom. The third-order valence-corrected chi connectivity index (χ3v) is 4.55. The van der Waals surface area contributed by atoms with E-state index in [1.165, 1.54) is 0 Å². The molecule has 3 rings (SSSR count). The molecule has 134 valence electrons. The number of nitrogens with zero attached hydrogens (tertiary/aromatic N) is 4. The molecular formula is C18H24N4O3. The minimum atomic E-state index is 0.131. The third-order valence-electron chi connectivity index (χ3n) is 4.55. The maximum atomic E-state index is 12.0. The molecule has 1 aliphatic heterocycles. The normalized spacial score (nSPS) is 16.0. The lowest BCUT2D eigenvalue weighted by Gasteiger charge is -2.31. The summed E-state index contributed by atoms with van der Waals surface area (Å²) in [5, 5.41) is 4.08. The molecule has 0 N–H and O–H groups in total. The van der Waals surface area contributed by atoms with Crippen LogP contribution in [0.25, 0.3) is 11.5 Å². The Balaban J connectivity index is 1.56. The number of amides is 1. The van der Waals surface area contributed by atoms with Crippen LogP contribution in [0.2, 0.25) is 0 Å². The minimum Gasteiger partial charge on any atom is -0.497 e. The van der Waals surface area contributed by atoms with Crippen molar-refractivity contribution in [2.24, 2.45) is 5.92 Å². The van der Waals surface area contributed by atoms with Gasteiger partial charge in [0.1, 0.15) is 5.75 Å². The number of methoxy groups -OCH3 is 1. The van der Waals surface area contributed by atoms with Gasteiger partial charge in [0.2, 0.25) is 5.91 Å². The van der Waals surface area contributed by atoms with E-state index in [1.807, 2.05) is 38.4 Å². The topological polar surface area (TPSA) is 71.7 Å². The molecule has 1 aromatic heterocycles. The molecule has 2 heterocycles. The van der Waals surface area contributed by atoms with Crippen LogP contribution < -0.4 is 4.74 Å². The van der Waals surface area contributed by atoms with E-state index < -0.39 is 0 Å². The number of hydrogen-bond donors (Lipinski definition) is 0. The highest BCUT2D eigenvalue weighted by Crippen LogP contribution is 2.23. The van der Waals surface area contributed by atoms with Crippen molar-refractivity contribution in [3.8, 4) is 17.2 Å². The van der Waals surface area contributed by atoms with Crippen molar-refractivity contribution in [2.45, 2.75) is 19.4 Å². The van der Waals surface area contributed by atoms with Gasteiger partial charge in [-0.15, -0.1) is 0 Å². The minimum absolute atomic E-state index is 0.131. The van der Waals surface area contributed by atoms with Crippen LogP contribution in [0.15, 0.2) is 28.8 Å². The quantitative estimate of drug-likeness (QED) is 0.827. The molecule has 7 heteroatoms. The van der Waals surface area contributed by atoms with Gasteiger partial charge in [-0.3, -0.25) is 9.69 Å². The summed E-state index contributed by atoms with van der Waals surface area (Å²) in [7, 11) is 5.26. The molecule has 1 fully saturated rings. The van der Waals surface area contributed by atoms with Gasteiger partial charge in [0.05, 0.1) is 13.7 Å². The van der Waals surface area contributed by atoms with E-state index in [2.05, 4.69) is 15.0 Å². The van der Waals surface area contributed by atoms with Gasteiger partial charge in [-0.2, -0.15) is 4.98 Å². The van der Waals surface area contributed by atoms with Crippen LogP contribution in [-0.4, -0.2) is 60.1 Å². The maximum Gasteiger partial charge on any atom is 0.257 e. The second-order valence-electron chi connectivity index (χ2n) is 6.53. The van der Waals surface area contributed by atoms with Crippen LogP contribution in [0.5, 0.6) is 5.75 Å². The third kappa shape index (κ3) is 4.17. The summed E-state index contributed by atoms with van der Waals surface area (Å²) < 4.78 is 10.5. The van der Waals surface area contributed by atoms with Crippen LogP contribution in [0.1, 0.15) is 18.7 Å². The molecular weight excluding hydrogens is 320 g/mol. The fourth-order valence-electron chi connectivity index (χ4n) is 3.07. The van der Waals surface area contributed by atoms with Crippen LogP contribution >= 0.6 is 0 Å². The lowest BCUT2D eigenvalue weighted by molar-refractivity contribution is -0.134. The van der Waals surface area contributed by atoms with Crippen LogP contribution in [-0.2, 0) is 11.3 Å². The number of ether oxygens (including phenoxy) is 1. The van der Waals surface area contributed by atoms with Gasteiger partial charge in [0, 0.05) is 25.6 Å². The fourth-order valence-corrected chi connectivity index (χ4v) is 3.07. The lowest BCUT2D eigenvalue weighted by atomic mass is 9.95. The van der Waals surface area contributed by atoms with Gasteiger partial charge >= 0.3 is 0 Å². The Morgan fingerprint density at radius 2 is 1.96 bits per heavy atom. The molecule has 25 heavy (non-hydrogen) atoms. The molecule has 0 atom stereocenters. The zero-order valence-corrected chi connectivity index (χ0v) is 14.9. The van der Waals surface area contributed by atoms with Gasteiger partial charge in [-0.1, -0.05) is 5.16 Å². The maximum absolute atomic E-state index is 12.0. The van der Waals surface area contributed by atoms with E-state index >= 15 is 0 Å². The Morgan fingerprint density at radius 3 is 2.56 bits per heavy atom. The lowest BCUT2D eigenvalue weighted by Crippen LogP contribution is -2.39. The molecule has 0 spiro atoms. The summed E-state index contributed by atoms with van der Waals surface area (Å²) >= 11 is 0. The number of hydrogen-bond acceptors (Lipinski definition) is 6. The summed E-state index contributed by atoms with van der Waals surface area (Å²) in [5.74, 6) is 2.32. The van der Waals surface area contributed by atoms with E-state index in [0.717, 1.165) is 37.2 Å².